The van der Waals surface area contributed by atoms with Crippen LogP contribution in [0.3, 0.4) is 0 Å². The summed E-state index contributed by atoms with van der Waals surface area (Å²) in [6, 6.07) is 1.87. The Morgan fingerprint density at radius 3 is 3.11 bits per heavy atom. The minimum Gasteiger partial charge on any atom is -0.397 e. The number of carbonyl (C=O) groups is 1. The third kappa shape index (κ3) is 3.29. The Kier molecular flexibility index (Phi) is 4.47. The molecule has 0 aromatic carbocycles. The predicted octanol–water partition coefficient (Wildman–Crippen LogP) is 1.64. The molecule has 0 saturated carbocycles. The minimum atomic E-state index is -0.0513. The maximum atomic E-state index is 12.3. The lowest BCUT2D eigenvalue weighted by molar-refractivity contribution is 0.0912. The predicted molar refractivity (Wildman–Crippen MR) is 75.0 cm³/mol. The molecule has 1 aromatic heterocycles. The van der Waals surface area contributed by atoms with Gasteiger partial charge in [-0.3, -0.25) is 4.79 Å². The molecule has 0 aliphatic carbocycles. The van der Waals surface area contributed by atoms with E-state index in [4.69, 9.17) is 10.5 Å². The first-order valence-corrected chi connectivity index (χ1v) is 6.96. The van der Waals surface area contributed by atoms with Crippen LogP contribution in [-0.4, -0.2) is 29.7 Å². The monoisotopic (exact) mass is 265 g/mol. The molecule has 3 N–H and O–H groups in total. The van der Waals surface area contributed by atoms with Crippen molar-refractivity contribution < 1.29 is 9.53 Å². The van der Waals surface area contributed by atoms with Crippen LogP contribution in [0.2, 0.25) is 0 Å². The van der Waals surface area contributed by atoms with Crippen LogP contribution in [0.5, 0.6) is 0 Å². The van der Waals surface area contributed by atoms with Crippen molar-refractivity contribution in [2.75, 3.05) is 18.9 Å². The molecule has 1 saturated heterocycles. The molecule has 106 valence electrons. The van der Waals surface area contributed by atoms with E-state index in [-0.39, 0.29) is 11.9 Å². The Labute approximate surface area is 114 Å². The maximum absolute atomic E-state index is 12.3. The Hall–Kier alpha value is -1.49. The molecule has 5 nitrogen and oxygen atoms in total. The van der Waals surface area contributed by atoms with E-state index in [0.717, 1.165) is 32.6 Å². The summed E-state index contributed by atoms with van der Waals surface area (Å²) >= 11 is 0. The minimum absolute atomic E-state index is 0.0513. The van der Waals surface area contributed by atoms with E-state index in [0.29, 0.717) is 17.3 Å². The molecule has 2 atom stereocenters. The van der Waals surface area contributed by atoms with E-state index in [9.17, 15) is 4.79 Å². The van der Waals surface area contributed by atoms with Crippen molar-refractivity contribution >= 4 is 11.6 Å². The van der Waals surface area contributed by atoms with Gasteiger partial charge >= 0.3 is 0 Å². The molecule has 2 heterocycles. The van der Waals surface area contributed by atoms with Crippen LogP contribution in [-0.2, 0) is 11.3 Å². The molecule has 2 unspecified atom stereocenters. The van der Waals surface area contributed by atoms with Crippen LogP contribution >= 0.6 is 0 Å². The standard InChI is InChI=1S/C14H23N3O2/c1-3-5-17-8-12(15)7-13(17)14(18)16-10(2)11-4-6-19-9-11/h7-8,10-11H,3-6,9,15H2,1-2H3,(H,16,18). The number of hydrogen-bond donors (Lipinski definition) is 2. The number of aromatic nitrogens is 1. The number of anilines is 1. The SMILES string of the molecule is CCCn1cc(N)cc1C(=O)NC(C)C1CCOC1. The van der Waals surface area contributed by atoms with Gasteiger partial charge in [0, 0.05) is 31.3 Å². The smallest absolute Gasteiger partial charge is 0.268 e. The van der Waals surface area contributed by atoms with E-state index in [1.54, 1.807) is 6.07 Å². The van der Waals surface area contributed by atoms with E-state index in [1.165, 1.54) is 0 Å². The Bertz CT molecular complexity index is 436. The van der Waals surface area contributed by atoms with Gasteiger partial charge in [-0.25, -0.2) is 0 Å². The second-order valence-electron chi connectivity index (χ2n) is 5.24. The molecule has 1 fully saturated rings. The van der Waals surface area contributed by atoms with Crippen LogP contribution in [0, 0.1) is 5.92 Å². The number of carbonyl (C=O) groups excluding carboxylic acids is 1. The van der Waals surface area contributed by atoms with Gasteiger partial charge in [0.05, 0.1) is 12.3 Å². The molecular weight excluding hydrogens is 242 g/mol. The van der Waals surface area contributed by atoms with Crippen LogP contribution in [0.4, 0.5) is 5.69 Å². The van der Waals surface area contributed by atoms with Crippen LogP contribution < -0.4 is 11.1 Å². The summed E-state index contributed by atoms with van der Waals surface area (Å²) in [5.74, 6) is 0.362. The first-order chi connectivity index (χ1) is 9.11. The summed E-state index contributed by atoms with van der Waals surface area (Å²) in [6.45, 7) is 6.45. The third-order valence-corrected chi connectivity index (χ3v) is 3.65. The van der Waals surface area contributed by atoms with Crippen molar-refractivity contribution in [3.63, 3.8) is 0 Å². The van der Waals surface area contributed by atoms with Gasteiger partial charge in [-0.05, 0) is 25.8 Å². The van der Waals surface area contributed by atoms with E-state index in [1.807, 2.05) is 17.7 Å². The third-order valence-electron chi connectivity index (χ3n) is 3.65. The number of amides is 1. The van der Waals surface area contributed by atoms with Crippen molar-refractivity contribution in [2.45, 2.75) is 39.3 Å². The van der Waals surface area contributed by atoms with Gasteiger partial charge in [0.1, 0.15) is 5.69 Å². The summed E-state index contributed by atoms with van der Waals surface area (Å²) in [5.41, 5.74) is 7.06. The quantitative estimate of drug-likeness (QED) is 0.850. The second kappa shape index (κ2) is 6.10. The highest BCUT2D eigenvalue weighted by Gasteiger charge is 2.24. The summed E-state index contributed by atoms with van der Waals surface area (Å²) in [6.07, 6.45) is 3.81. The van der Waals surface area contributed by atoms with Crippen molar-refractivity contribution in [3.8, 4) is 0 Å². The van der Waals surface area contributed by atoms with E-state index >= 15 is 0 Å². The van der Waals surface area contributed by atoms with Gasteiger partial charge in [-0.2, -0.15) is 0 Å². The zero-order chi connectivity index (χ0) is 13.8. The van der Waals surface area contributed by atoms with Crippen molar-refractivity contribution in [1.82, 2.24) is 9.88 Å². The van der Waals surface area contributed by atoms with Gasteiger partial charge in [0.15, 0.2) is 0 Å². The first kappa shape index (κ1) is 13.9. The number of nitrogens with two attached hydrogens (primary N) is 1. The molecule has 1 aromatic rings. The highest BCUT2D eigenvalue weighted by atomic mass is 16.5. The summed E-state index contributed by atoms with van der Waals surface area (Å²) in [4.78, 5) is 12.3. The molecule has 0 bridgehead atoms. The average Bonchev–Trinajstić information content (AvgIpc) is 2.99. The maximum Gasteiger partial charge on any atom is 0.268 e. The van der Waals surface area contributed by atoms with Gasteiger partial charge in [-0.15, -0.1) is 0 Å². The van der Waals surface area contributed by atoms with Crippen LogP contribution in [0.1, 0.15) is 37.2 Å². The van der Waals surface area contributed by atoms with Gasteiger partial charge in [0.2, 0.25) is 0 Å². The molecule has 5 heteroatoms. The summed E-state index contributed by atoms with van der Waals surface area (Å²) in [7, 11) is 0. The Balaban J connectivity index is 2.02. The van der Waals surface area contributed by atoms with Crippen molar-refractivity contribution in [3.05, 3.63) is 18.0 Å². The number of rotatable bonds is 5. The largest absolute Gasteiger partial charge is 0.397 e. The van der Waals surface area contributed by atoms with Crippen LogP contribution in [0.25, 0.3) is 0 Å². The van der Waals surface area contributed by atoms with Gasteiger partial charge < -0.3 is 20.4 Å². The lowest BCUT2D eigenvalue weighted by atomic mass is 10.0. The molecular formula is C14H23N3O2. The Morgan fingerprint density at radius 2 is 2.47 bits per heavy atom. The Morgan fingerprint density at radius 1 is 1.68 bits per heavy atom. The molecule has 19 heavy (non-hydrogen) atoms. The van der Waals surface area contributed by atoms with E-state index < -0.39 is 0 Å². The lowest BCUT2D eigenvalue weighted by Crippen LogP contribution is -2.39. The van der Waals surface area contributed by atoms with E-state index in [2.05, 4.69) is 12.2 Å². The molecule has 1 amide bonds. The topological polar surface area (TPSA) is 69.3 Å². The van der Waals surface area contributed by atoms with Crippen molar-refractivity contribution in [2.24, 2.45) is 5.92 Å². The highest BCUT2D eigenvalue weighted by molar-refractivity contribution is 5.94. The normalized spacial score (nSPS) is 20.4. The number of nitrogens with one attached hydrogen (secondary N) is 1. The summed E-state index contributed by atoms with van der Waals surface area (Å²) < 4.78 is 7.27. The lowest BCUT2D eigenvalue weighted by Gasteiger charge is -2.19. The van der Waals surface area contributed by atoms with Gasteiger partial charge in [0.25, 0.3) is 5.91 Å². The fourth-order valence-electron chi connectivity index (χ4n) is 2.50. The second-order valence-corrected chi connectivity index (χ2v) is 5.24. The number of ether oxygens (including phenoxy) is 1. The molecule has 0 radical (unpaired) electrons. The highest BCUT2D eigenvalue weighted by Crippen LogP contribution is 2.17. The molecule has 1 aliphatic heterocycles. The number of aryl methyl sites for hydroxylation is 1. The van der Waals surface area contributed by atoms with Crippen LogP contribution in [0.15, 0.2) is 12.3 Å². The first-order valence-electron chi connectivity index (χ1n) is 6.96. The zero-order valence-corrected chi connectivity index (χ0v) is 11.7. The number of nitrogen functional groups attached to an aromatic ring is 1. The van der Waals surface area contributed by atoms with Crippen molar-refractivity contribution in [1.29, 1.82) is 0 Å². The number of hydrogen-bond acceptors (Lipinski definition) is 3. The summed E-state index contributed by atoms with van der Waals surface area (Å²) in [5, 5.41) is 3.05. The fraction of sp³-hybridized carbons (Fsp3) is 0.643. The van der Waals surface area contributed by atoms with Gasteiger partial charge in [-0.1, -0.05) is 6.92 Å². The molecule has 2 rings (SSSR count). The fourth-order valence-corrected chi connectivity index (χ4v) is 2.50. The zero-order valence-electron chi connectivity index (χ0n) is 11.7. The molecule has 1 aliphatic rings. The number of nitrogens with zero attached hydrogens (tertiary/aromatic N) is 1. The molecule has 0 spiro atoms. The average molecular weight is 265 g/mol.